The lowest BCUT2D eigenvalue weighted by Gasteiger charge is -2.32. The number of likely N-dealkylation sites (N-methyl/N-ethyl adjacent to an activating group) is 2. The Labute approximate surface area is 130 Å². The quantitative estimate of drug-likeness (QED) is 0.651. The highest BCUT2D eigenvalue weighted by atomic mass is 16.5. The van der Waals surface area contributed by atoms with Gasteiger partial charge < -0.3 is 15.0 Å². The number of rotatable bonds is 9. The SMILES string of the molecule is CCNC(C)(CCN1CCCC1CN(C)C)C(=O)OCC. The summed E-state index contributed by atoms with van der Waals surface area (Å²) in [6, 6.07) is 0.619. The summed E-state index contributed by atoms with van der Waals surface area (Å²) in [6.07, 6.45) is 3.31. The van der Waals surface area contributed by atoms with Crippen molar-refractivity contribution >= 4 is 5.97 Å². The van der Waals surface area contributed by atoms with Crippen LogP contribution in [0.1, 0.15) is 40.0 Å². The van der Waals surface area contributed by atoms with Gasteiger partial charge in [0.25, 0.3) is 0 Å². The van der Waals surface area contributed by atoms with E-state index in [1.165, 1.54) is 12.8 Å². The summed E-state index contributed by atoms with van der Waals surface area (Å²) in [4.78, 5) is 17.0. The number of hydrogen-bond donors (Lipinski definition) is 1. The van der Waals surface area contributed by atoms with Gasteiger partial charge in [-0.25, -0.2) is 0 Å². The highest BCUT2D eigenvalue weighted by Crippen LogP contribution is 2.21. The third-order valence-corrected chi connectivity index (χ3v) is 4.27. The van der Waals surface area contributed by atoms with Crippen molar-refractivity contribution in [1.29, 1.82) is 0 Å². The zero-order valence-corrected chi connectivity index (χ0v) is 14.4. The average Bonchev–Trinajstić information content (AvgIpc) is 2.83. The van der Waals surface area contributed by atoms with Gasteiger partial charge in [-0.05, 0) is 60.3 Å². The monoisotopic (exact) mass is 299 g/mol. The molecule has 2 unspecified atom stereocenters. The summed E-state index contributed by atoms with van der Waals surface area (Å²) >= 11 is 0. The summed E-state index contributed by atoms with van der Waals surface area (Å²) in [6.45, 7) is 10.2. The van der Waals surface area contributed by atoms with Crippen LogP contribution in [0.4, 0.5) is 0 Å². The van der Waals surface area contributed by atoms with E-state index in [0.717, 1.165) is 32.6 Å². The van der Waals surface area contributed by atoms with Crippen molar-refractivity contribution in [3.63, 3.8) is 0 Å². The minimum absolute atomic E-state index is 0.129. The maximum Gasteiger partial charge on any atom is 0.326 e. The first-order valence-corrected chi connectivity index (χ1v) is 8.24. The van der Waals surface area contributed by atoms with E-state index in [0.29, 0.717) is 12.6 Å². The molecule has 124 valence electrons. The van der Waals surface area contributed by atoms with Crippen LogP contribution in [0.15, 0.2) is 0 Å². The Kier molecular flexibility index (Phi) is 7.63. The van der Waals surface area contributed by atoms with E-state index < -0.39 is 5.54 Å². The highest BCUT2D eigenvalue weighted by Gasteiger charge is 2.35. The predicted octanol–water partition coefficient (Wildman–Crippen LogP) is 1.33. The molecule has 0 aromatic carbocycles. The maximum absolute atomic E-state index is 12.2. The van der Waals surface area contributed by atoms with Crippen molar-refractivity contribution in [2.24, 2.45) is 0 Å². The number of ether oxygens (including phenoxy) is 1. The third kappa shape index (κ3) is 5.57. The lowest BCUT2D eigenvalue weighted by atomic mass is 9.97. The second kappa shape index (κ2) is 8.71. The van der Waals surface area contributed by atoms with Crippen LogP contribution in [0.3, 0.4) is 0 Å². The molecule has 1 aliphatic rings. The molecule has 0 aromatic heterocycles. The molecule has 0 radical (unpaired) electrons. The first-order valence-electron chi connectivity index (χ1n) is 8.24. The van der Waals surface area contributed by atoms with E-state index in [1.807, 2.05) is 20.8 Å². The summed E-state index contributed by atoms with van der Waals surface area (Å²) in [5, 5.41) is 3.31. The molecule has 5 heteroatoms. The minimum atomic E-state index is -0.573. The molecule has 1 rings (SSSR count). The van der Waals surface area contributed by atoms with Crippen LogP contribution in [0.2, 0.25) is 0 Å². The second-order valence-electron chi connectivity index (χ2n) is 6.43. The number of carbonyl (C=O) groups excluding carboxylic acids is 1. The van der Waals surface area contributed by atoms with Gasteiger partial charge in [0, 0.05) is 19.1 Å². The third-order valence-electron chi connectivity index (χ3n) is 4.27. The molecule has 1 heterocycles. The van der Waals surface area contributed by atoms with Gasteiger partial charge in [-0.15, -0.1) is 0 Å². The molecule has 0 bridgehead atoms. The molecular weight excluding hydrogens is 266 g/mol. The van der Waals surface area contributed by atoms with Crippen LogP contribution in [0.25, 0.3) is 0 Å². The first kappa shape index (κ1) is 18.4. The molecule has 2 atom stereocenters. The van der Waals surface area contributed by atoms with Crippen molar-refractivity contribution in [1.82, 2.24) is 15.1 Å². The summed E-state index contributed by atoms with van der Waals surface area (Å²) in [7, 11) is 4.25. The Morgan fingerprint density at radius 3 is 2.71 bits per heavy atom. The molecule has 1 saturated heterocycles. The molecule has 0 saturated carbocycles. The standard InChI is InChI=1S/C16H33N3O2/c1-6-17-16(3,15(20)21-7-2)10-12-19-11-8-9-14(19)13-18(4)5/h14,17H,6-13H2,1-5H3. The van der Waals surface area contributed by atoms with Crippen molar-refractivity contribution in [2.75, 3.05) is 46.9 Å². The van der Waals surface area contributed by atoms with Gasteiger partial charge in [0.05, 0.1) is 6.61 Å². The van der Waals surface area contributed by atoms with Crippen molar-refractivity contribution in [3.8, 4) is 0 Å². The molecule has 0 amide bonds. The van der Waals surface area contributed by atoms with E-state index in [-0.39, 0.29) is 5.97 Å². The predicted molar refractivity (Wildman–Crippen MR) is 86.5 cm³/mol. The smallest absolute Gasteiger partial charge is 0.326 e. The first-order chi connectivity index (χ1) is 9.92. The van der Waals surface area contributed by atoms with Gasteiger partial charge >= 0.3 is 5.97 Å². The highest BCUT2D eigenvalue weighted by molar-refractivity contribution is 5.80. The fourth-order valence-corrected chi connectivity index (χ4v) is 3.13. The molecule has 0 aromatic rings. The van der Waals surface area contributed by atoms with Crippen LogP contribution in [-0.2, 0) is 9.53 Å². The molecule has 21 heavy (non-hydrogen) atoms. The fourth-order valence-electron chi connectivity index (χ4n) is 3.13. The summed E-state index contributed by atoms with van der Waals surface area (Å²) in [5.41, 5.74) is -0.573. The molecule has 1 aliphatic heterocycles. The number of nitrogens with one attached hydrogen (secondary N) is 1. The Hall–Kier alpha value is -0.650. The summed E-state index contributed by atoms with van der Waals surface area (Å²) in [5.74, 6) is -0.129. The van der Waals surface area contributed by atoms with E-state index in [1.54, 1.807) is 0 Å². The number of hydrogen-bond acceptors (Lipinski definition) is 5. The normalized spacial score (nSPS) is 22.5. The van der Waals surface area contributed by atoms with Crippen LogP contribution in [0.5, 0.6) is 0 Å². The number of nitrogens with zero attached hydrogens (tertiary/aromatic N) is 2. The van der Waals surface area contributed by atoms with Crippen LogP contribution < -0.4 is 5.32 Å². The van der Waals surface area contributed by atoms with Gasteiger partial charge in [0.2, 0.25) is 0 Å². The zero-order valence-electron chi connectivity index (χ0n) is 14.4. The molecule has 5 nitrogen and oxygen atoms in total. The van der Waals surface area contributed by atoms with Gasteiger partial charge in [-0.2, -0.15) is 0 Å². The van der Waals surface area contributed by atoms with E-state index in [2.05, 4.69) is 29.2 Å². The Morgan fingerprint density at radius 2 is 2.14 bits per heavy atom. The molecule has 1 N–H and O–H groups in total. The zero-order chi connectivity index (χ0) is 15.9. The topological polar surface area (TPSA) is 44.8 Å². The molecule has 0 spiro atoms. The lowest BCUT2D eigenvalue weighted by molar-refractivity contribution is -0.151. The number of esters is 1. The largest absolute Gasteiger partial charge is 0.465 e. The number of likely N-dealkylation sites (tertiary alicyclic amines) is 1. The van der Waals surface area contributed by atoms with Crippen molar-refractivity contribution < 1.29 is 9.53 Å². The second-order valence-corrected chi connectivity index (χ2v) is 6.43. The molecular formula is C16H33N3O2. The fraction of sp³-hybridized carbons (Fsp3) is 0.938. The Balaban J connectivity index is 2.57. The lowest BCUT2D eigenvalue weighted by Crippen LogP contribution is -2.52. The van der Waals surface area contributed by atoms with Gasteiger partial charge in [0.1, 0.15) is 5.54 Å². The van der Waals surface area contributed by atoms with Crippen LogP contribution >= 0.6 is 0 Å². The van der Waals surface area contributed by atoms with Crippen molar-refractivity contribution in [2.45, 2.75) is 51.6 Å². The van der Waals surface area contributed by atoms with Crippen molar-refractivity contribution in [3.05, 3.63) is 0 Å². The molecule has 0 aliphatic carbocycles. The van der Waals surface area contributed by atoms with Gasteiger partial charge in [-0.3, -0.25) is 9.69 Å². The summed E-state index contributed by atoms with van der Waals surface area (Å²) < 4.78 is 5.24. The minimum Gasteiger partial charge on any atom is -0.465 e. The van der Waals surface area contributed by atoms with Gasteiger partial charge in [-0.1, -0.05) is 6.92 Å². The Bertz CT molecular complexity index is 323. The average molecular weight is 299 g/mol. The Morgan fingerprint density at radius 1 is 1.43 bits per heavy atom. The van der Waals surface area contributed by atoms with Crippen LogP contribution in [0, 0.1) is 0 Å². The van der Waals surface area contributed by atoms with E-state index >= 15 is 0 Å². The maximum atomic E-state index is 12.2. The number of carbonyl (C=O) groups is 1. The van der Waals surface area contributed by atoms with Gasteiger partial charge in [0.15, 0.2) is 0 Å². The van der Waals surface area contributed by atoms with E-state index in [4.69, 9.17) is 4.74 Å². The van der Waals surface area contributed by atoms with Crippen LogP contribution in [-0.4, -0.2) is 74.2 Å². The van der Waals surface area contributed by atoms with E-state index in [9.17, 15) is 4.79 Å². The molecule has 1 fully saturated rings.